The van der Waals surface area contributed by atoms with Gasteiger partial charge in [-0.2, -0.15) is 0 Å². The van der Waals surface area contributed by atoms with Crippen LogP contribution < -0.4 is 5.32 Å². The molecule has 0 radical (unpaired) electrons. The van der Waals surface area contributed by atoms with Gasteiger partial charge in [0, 0.05) is 11.9 Å². The minimum Gasteiger partial charge on any atom is -0.339 e. The van der Waals surface area contributed by atoms with Crippen molar-refractivity contribution in [3.8, 4) is 0 Å². The maximum atomic E-state index is 11.6. The van der Waals surface area contributed by atoms with Crippen molar-refractivity contribution in [2.45, 2.75) is 11.8 Å². The molecule has 2 rings (SSSR count). The third-order valence-electron chi connectivity index (χ3n) is 2.70. The zero-order valence-corrected chi connectivity index (χ0v) is 12.9. The van der Waals surface area contributed by atoms with Gasteiger partial charge in [-0.05, 0) is 31.2 Å². The third-order valence-corrected chi connectivity index (χ3v) is 4.11. The molecular formula is C13H12ClN3O3S. The zero-order valence-electron chi connectivity index (χ0n) is 11.3. The molecule has 0 aliphatic carbocycles. The summed E-state index contributed by atoms with van der Waals surface area (Å²) in [5.74, 6) is 0.00506. The lowest BCUT2D eigenvalue weighted by Crippen LogP contribution is -2.05. The van der Waals surface area contributed by atoms with Gasteiger partial charge < -0.3 is 5.32 Å². The Kier molecular flexibility index (Phi) is 4.24. The van der Waals surface area contributed by atoms with Crippen molar-refractivity contribution in [1.29, 1.82) is 0 Å². The largest absolute Gasteiger partial charge is 0.339 e. The molecule has 1 aromatic carbocycles. The van der Waals surface area contributed by atoms with Crippen LogP contribution in [0.1, 0.15) is 17.3 Å². The van der Waals surface area contributed by atoms with Crippen molar-refractivity contribution in [2.24, 2.45) is 0 Å². The smallest absolute Gasteiger partial charge is 0.175 e. The highest BCUT2D eigenvalue weighted by atomic mass is 35.5. The molecule has 0 amide bonds. The van der Waals surface area contributed by atoms with Crippen LogP contribution in [0, 0.1) is 0 Å². The van der Waals surface area contributed by atoms with E-state index in [0.29, 0.717) is 5.69 Å². The van der Waals surface area contributed by atoms with E-state index in [1.807, 2.05) is 0 Å². The second-order valence-corrected chi connectivity index (χ2v) is 6.74. The van der Waals surface area contributed by atoms with Gasteiger partial charge in [0.25, 0.3) is 0 Å². The summed E-state index contributed by atoms with van der Waals surface area (Å²) >= 11 is 5.88. The number of rotatable bonds is 4. The first kappa shape index (κ1) is 15.4. The summed E-state index contributed by atoms with van der Waals surface area (Å²) in [6.45, 7) is 1.36. The van der Waals surface area contributed by atoms with E-state index in [0.717, 1.165) is 6.26 Å². The minimum atomic E-state index is -3.25. The van der Waals surface area contributed by atoms with Crippen LogP contribution in [0.25, 0.3) is 0 Å². The number of nitrogens with zero attached hydrogens (tertiary/aromatic N) is 2. The summed E-state index contributed by atoms with van der Waals surface area (Å²) in [4.78, 5) is 19.5. The Balaban J connectivity index is 2.35. The van der Waals surface area contributed by atoms with Gasteiger partial charge in [0.15, 0.2) is 15.6 Å². The van der Waals surface area contributed by atoms with E-state index >= 15 is 0 Å². The number of hydrogen-bond donors (Lipinski definition) is 1. The SMILES string of the molecule is CC(=O)c1c(Cl)ncnc1Nc1ccc(S(C)(=O)=O)cc1. The number of Topliss-reactive ketones (excluding diaryl/α,β-unsaturated/α-hetero) is 1. The monoisotopic (exact) mass is 325 g/mol. The van der Waals surface area contributed by atoms with Crippen molar-refractivity contribution in [3.63, 3.8) is 0 Å². The van der Waals surface area contributed by atoms with Crippen molar-refractivity contribution < 1.29 is 13.2 Å². The number of hydrogen-bond acceptors (Lipinski definition) is 6. The molecule has 1 N–H and O–H groups in total. The summed E-state index contributed by atoms with van der Waals surface area (Å²) < 4.78 is 22.8. The van der Waals surface area contributed by atoms with Crippen LogP contribution in [-0.4, -0.2) is 30.4 Å². The van der Waals surface area contributed by atoms with E-state index in [4.69, 9.17) is 11.6 Å². The number of carbonyl (C=O) groups excluding carboxylic acids is 1. The molecule has 21 heavy (non-hydrogen) atoms. The Morgan fingerprint density at radius 1 is 1.19 bits per heavy atom. The maximum Gasteiger partial charge on any atom is 0.175 e. The molecule has 1 heterocycles. The molecule has 0 fully saturated rings. The molecule has 0 aliphatic rings. The lowest BCUT2D eigenvalue weighted by Gasteiger charge is -2.10. The molecule has 110 valence electrons. The van der Waals surface area contributed by atoms with Crippen molar-refractivity contribution in [3.05, 3.63) is 41.3 Å². The number of anilines is 2. The van der Waals surface area contributed by atoms with Crippen LogP contribution >= 0.6 is 11.6 Å². The molecule has 0 unspecified atom stereocenters. The first-order valence-corrected chi connectivity index (χ1v) is 8.14. The second kappa shape index (κ2) is 5.79. The van der Waals surface area contributed by atoms with E-state index < -0.39 is 9.84 Å². The summed E-state index contributed by atoms with van der Waals surface area (Å²) in [6.07, 6.45) is 2.37. The Hall–Kier alpha value is -1.99. The van der Waals surface area contributed by atoms with Gasteiger partial charge in [-0.15, -0.1) is 0 Å². The fraction of sp³-hybridized carbons (Fsp3) is 0.154. The van der Waals surface area contributed by atoms with Crippen molar-refractivity contribution in [2.75, 3.05) is 11.6 Å². The Morgan fingerprint density at radius 2 is 1.81 bits per heavy atom. The number of benzene rings is 1. The van der Waals surface area contributed by atoms with Gasteiger partial charge in [-0.1, -0.05) is 11.6 Å². The predicted molar refractivity (Wildman–Crippen MR) is 79.9 cm³/mol. The molecule has 1 aromatic heterocycles. The highest BCUT2D eigenvalue weighted by Gasteiger charge is 2.15. The molecule has 8 heteroatoms. The van der Waals surface area contributed by atoms with Gasteiger partial charge in [0.1, 0.15) is 17.3 Å². The van der Waals surface area contributed by atoms with Crippen LogP contribution in [0.15, 0.2) is 35.5 Å². The molecule has 0 atom stereocenters. The number of halogens is 1. The summed E-state index contributed by atoms with van der Waals surface area (Å²) in [7, 11) is -3.25. The fourth-order valence-corrected chi connectivity index (χ4v) is 2.59. The van der Waals surface area contributed by atoms with Crippen molar-refractivity contribution >= 4 is 38.7 Å². The first-order chi connectivity index (χ1) is 9.79. The average molecular weight is 326 g/mol. The highest BCUT2D eigenvalue weighted by molar-refractivity contribution is 7.90. The Labute approximate surface area is 127 Å². The number of ketones is 1. The number of sulfone groups is 1. The third kappa shape index (κ3) is 3.56. The van der Waals surface area contributed by atoms with Crippen molar-refractivity contribution in [1.82, 2.24) is 9.97 Å². The standard InChI is InChI=1S/C13H12ClN3O3S/c1-8(18)11-12(14)15-7-16-13(11)17-9-3-5-10(6-4-9)21(2,19)20/h3-7H,1-2H3,(H,15,16,17). The Morgan fingerprint density at radius 3 is 2.33 bits per heavy atom. The molecule has 2 aromatic rings. The average Bonchev–Trinajstić information content (AvgIpc) is 2.38. The molecule has 0 bridgehead atoms. The van der Waals surface area contributed by atoms with E-state index in [2.05, 4.69) is 15.3 Å². The molecule has 0 saturated carbocycles. The molecule has 0 aliphatic heterocycles. The van der Waals surface area contributed by atoms with Gasteiger partial charge in [0.2, 0.25) is 0 Å². The van der Waals surface area contributed by atoms with Gasteiger partial charge in [0.05, 0.1) is 10.5 Å². The van der Waals surface area contributed by atoms with Crippen LogP contribution in [0.3, 0.4) is 0 Å². The summed E-state index contributed by atoms with van der Waals surface area (Å²) in [5, 5.41) is 2.98. The molecule has 6 nitrogen and oxygen atoms in total. The van der Waals surface area contributed by atoms with Crippen LogP contribution in [0.2, 0.25) is 5.15 Å². The highest BCUT2D eigenvalue weighted by Crippen LogP contribution is 2.24. The van der Waals surface area contributed by atoms with E-state index in [9.17, 15) is 13.2 Å². The first-order valence-electron chi connectivity index (χ1n) is 5.87. The lowest BCUT2D eigenvalue weighted by atomic mass is 10.2. The van der Waals surface area contributed by atoms with Crippen LogP contribution in [0.4, 0.5) is 11.5 Å². The predicted octanol–water partition coefficient (Wildman–Crippen LogP) is 2.48. The van der Waals surface area contributed by atoms with Gasteiger partial charge >= 0.3 is 0 Å². The second-order valence-electron chi connectivity index (χ2n) is 4.37. The number of carbonyl (C=O) groups is 1. The maximum absolute atomic E-state index is 11.6. The number of aromatic nitrogens is 2. The molecular weight excluding hydrogens is 314 g/mol. The van der Waals surface area contributed by atoms with E-state index in [-0.39, 0.29) is 27.2 Å². The van der Waals surface area contributed by atoms with Crippen LogP contribution in [-0.2, 0) is 9.84 Å². The summed E-state index contributed by atoms with van der Waals surface area (Å²) in [5.41, 5.74) is 0.769. The van der Waals surface area contributed by atoms with E-state index in [1.54, 1.807) is 12.1 Å². The zero-order chi connectivity index (χ0) is 15.6. The summed E-state index contributed by atoms with van der Waals surface area (Å²) in [6, 6.07) is 6.09. The van der Waals surface area contributed by atoms with E-state index in [1.165, 1.54) is 25.4 Å². The Bertz CT molecular complexity index is 789. The molecule has 0 spiro atoms. The van der Waals surface area contributed by atoms with Gasteiger partial charge in [-0.25, -0.2) is 18.4 Å². The normalized spacial score (nSPS) is 11.2. The lowest BCUT2D eigenvalue weighted by molar-refractivity contribution is 0.101. The minimum absolute atomic E-state index is 0.0627. The number of nitrogens with one attached hydrogen (secondary N) is 1. The van der Waals surface area contributed by atoms with Crippen LogP contribution in [0.5, 0.6) is 0 Å². The topological polar surface area (TPSA) is 89.0 Å². The van der Waals surface area contributed by atoms with Gasteiger partial charge in [-0.3, -0.25) is 4.79 Å². The fourth-order valence-electron chi connectivity index (χ4n) is 1.69. The quantitative estimate of drug-likeness (QED) is 0.686. The molecule has 0 saturated heterocycles.